The van der Waals surface area contributed by atoms with Crippen LogP contribution >= 0.6 is 80.7 Å². The number of rotatable bonds is 21. The Kier molecular flexibility index (Phi) is 16.2. The quantitative estimate of drug-likeness (QED) is 0.0254. The molecule has 0 radical (unpaired) electrons. The molecule has 31 heteroatoms. The number of fused-ring (bicyclic) bond motifs is 2. The first-order valence-corrected chi connectivity index (χ1v) is 27.7. The number of thioether (sulfide) groups is 1. The van der Waals surface area contributed by atoms with Gasteiger partial charge in [0.2, 0.25) is 11.9 Å². The molecule has 7 aromatic rings. The monoisotopic (exact) mass is 1100 g/mol. The summed E-state index contributed by atoms with van der Waals surface area (Å²) in [6.45, 7) is 10.3. The number of benzene rings is 2. The molecule has 0 spiro atoms. The molecule has 2 aromatic carbocycles. The molecule has 0 bridgehead atoms. The summed E-state index contributed by atoms with van der Waals surface area (Å²) in [5, 5.41) is 34.7. The van der Waals surface area contributed by atoms with Gasteiger partial charge in [0.25, 0.3) is 0 Å². The molecule has 0 aliphatic carbocycles. The lowest BCUT2D eigenvalue weighted by molar-refractivity contribution is 0.322. The Morgan fingerprint density at radius 1 is 0.676 bits per heavy atom. The van der Waals surface area contributed by atoms with E-state index in [1.807, 2.05) is 27.7 Å². The third kappa shape index (κ3) is 10.9. The van der Waals surface area contributed by atoms with Gasteiger partial charge < -0.3 is 35.0 Å². The summed E-state index contributed by atoms with van der Waals surface area (Å²) in [5.41, 5.74) is 2.62. The summed E-state index contributed by atoms with van der Waals surface area (Å²) < 4.78 is 86.7. The molecule has 5 aromatic heterocycles. The second-order valence-corrected chi connectivity index (χ2v) is 22.2. The first kappa shape index (κ1) is 51.2. The normalized spacial score (nSPS) is 12.3. The van der Waals surface area contributed by atoms with Gasteiger partial charge in [-0.2, -0.15) is 40.5 Å². The molecule has 0 saturated carbocycles. The molecule has 0 aliphatic heterocycles. The number of nitrogens with one attached hydrogen (secondary N) is 2. The summed E-state index contributed by atoms with van der Waals surface area (Å²) >= 11 is 17.3. The molecule has 68 heavy (non-hydrogen) atoms. The topological polar surface area (TPSA) is 292 Å². The molecule has 0 unspecified atom stereocenters. The predicted octanol–water partition coefficient (Wildman–Crippen LogP) is 11.1. The number of aliphatic hydroxyl groups excluding tert-OH is 1. The molecule has 0 amide bonds. The number of azo groups is 2. The molecular formula is C37H39Cl2N13O9S7. The number of thiophene rings is 2. The molecule has 0 fully saturated rings. The zero-order chi connectivity index (χ0) is 49.1. The average Bonchev–Trinajstić information content (AvgIpc) is 4.08. The first-order valence-electron chi connectivity index (χ1n) is 19.9. The van der Waals surface area contributed by atoms with E-state index in [1.165, 1.54) is 14.2 Å². The number of hydrogen-bond donors (Lipinski definition) is 5. The molecule has 5 heterocycles. The van der Waals surface area contributed by atoms with Crippen molar-refractivity contribution >= 4 is 177 Å². The van der Waals surface area contributed by atoms with E-state index in [2.05, 4.69) is 59.6 Å². The highest BCUT2D eigenvalue weighted by molar-refractivity contribution is 7.99. The average molecular weight is 1110 g/mol. The van der Waals surface area contributed by atoms with Crippen molar-refractivity contribution in [3.63, 3.8) is 0 Å². The molecule has 5 N–H and O–H groups in total. The van der Waals surface area contributed by atoms with E-state index in [0.717, 1.165) is 34.8 Å². The summed E-state index contributed by atoms with van der Waals surface area (Å²) in [4.78, 5) is 18.7. The largest absolute Gasteiger partial charge is 0.494 e. The fourth-order valence-electron chi connectivity index (χ4n) is 6.53. The molecule has 7 rings (SSSR count). The maximum Gasteiger partial charge on any atom is 0.305 e. The molecule has 0 saturated heterocycles. The molecule has 362 valence electrons. The maximum atomic E-state index is 12.0. The highest BCUT2D eigenvalue weighted by atomic mass is 35.5. The summed E-state index contributed by atoms with van der Waals surface area (Å²) in [6, 6.07) is 6.90. The third-order valence-electron chi connectivity index (χ3n) is 9.66. The number of halogens is 2. The Hall–Kier alpha value is -4.66. The van der Waals surface area contributed by atoms with Crippen molar-refractivity contribution in [2.75, 3.05) is 73.2 Å². The summed E-state index contributed by atoms with van der Waals surface area (Å²) in [6.07, 6.45) is 0. The second kappa shape index (κ2) is 21.5. The van der Waals surface area contributed by atoms with E-state index in [0.29, 0.717) is 83.1 Å². The van der Waals surface area contributed by atoms with Crippen LogP contribution in [0.15, 0.2) is 58.3 Å². The van der Waals surface area contributed by atoms with Crippen molar-refractivity contribution < 1.29 is 40.5 Å². The summed E-state index contributed by atoms with van der Waals surface area (Å²) in [7, 11) is -6.22. The number of ether oxygens (including phenoxy) is 2. The Balaban J connectivity index is 1.34. The molecule has 0 atom stereocenters. The van der Waals surface area contributed by atoms with Crippen LogP contribution in [0, 0.1) is 0 Å². The van der Waals surface area contributed by atoms with Crippen LogP contribution in [-0.2, 0) is 20.2 Å². The number of aliphatic hydroxyl groups is 1. The van der Waals surface area contributed by atoms with Gasteiger partial charge in [0.1, 0.15) is 32.5 Å². The van der Waals surface area contributed by atoms with E-state index < -0.39 is 28.7 Å². The Morgan fingerprint density at radius 2 is 1.09 bits per heavy atom. The van der Waals surface area contributed by atoms with Crippen LogP contribution in [0.5, 0.6) is 11.5 Å². The fraction of sp³-hybridized carbons (Fsp3) is 0.324. The zero-order valence-corrected chi connectivity index (χ0v) is 43.6. The lowest BCUT2D eigenvalue weighted by Crippen LogP contribution is -2.22. The third-order valence-corrected chi connectivity index (χ3v) is 18.3. The van der Waals surface area contributed by atoms with Crippen molar-refractivity contribution in [2.24, 2.45) is 20.5 Å². The van der Waals surface area contributed by atoms with Crippen LogP contribution in [0.1, 0.15) is 27.7 Å². The predicted molar refractivity (Wildman–Crippen MR) is 270 cm³/mol. The molecule has 22 nitrogen and oxygen atoms in total. The van der Waals surface area contributed by atoms with Gasteiger partial charge in [0.05, 0.1) is 64.4 Å². The Bertz CT molecular complexity index is 3080. The van der Waals surface area contributed by atoms with Crippen molar-refractivity contribution in [2.45, 2.75) is 41.3 Å². The highest BCUT2D eigenvalue weighted by Crippen LogP contribution is 2.48. The number of aromatic nitrogens is 5. The standard InChI is InChI=1S/C37H39Cl2N13O9S7/c1-7-51(8-2)21-13-17(19(15-23(21)60-5)45-47-29-25-27(38)33(67(54,55)56)63-31(25)49-65-29)40-35-42-36(44-37(43-35)62-12-11-53)41-18-14-22(52(9-3)10-4)24(61-6)16-20(18)46-48-30-26-28(39)34(68(57,58)59)64-32(26)50-66-30/h13-16,53H,7-12H2,1-6H3,(H,54,55,56)(H,57,58,59)(H2,40,41,42,43,44). The maximum absolute atomic E-state index is 12.0. The smallest absolute Gasteiger partial charge is 0.305 e. The van der Waals surface area contributed by atoms with Crippen LogP contribution in [0.3, 0.4) is 0 Å². The van der Waals surface area contributed by atoms with Gasteiger partial charge in [-0.05, 0) is 62.9 Å². The lowest BCUT2D eigenvalue weighted by Gasteiger charge is -2.25. The van der Waals surface area contributed by atoms with Gasteiger partial charge in [-0.1, -0.05) is 57.6 Å². The van der Waals surface area contributed by atoms with Crippen molar-refractivity contribution in [3.05, 3.63) is 34.3 Å². The Morgan fingerprint density at radius 3 is 1.44 bits per heavy atom. The van der Waals surface area contributed by atoms with E-state index in [9.17, 15) is 31.0 Å². The van der Waals surface area contributed by atoms with Crippen molar-refractivity contribution in [3.8, 4) is 11.5 Å². The van der Waals surface area contributed by atoms with Gasteiger partial charge >= 0.3 is 20.2 Å². The van der Waals surface area contributed by atoms with E-state index in [4.69, 9.17) is 37.7 Å². The summed E-state index contributed by atoms with van der Waals surface area (Å²) in [5.74, 6) is 1.26. The number of hydrogen-bond acceptors (Lipinski definition) is 25. The zero-order valence-electron chi connectivity index (χ0n) is 36.4. The van der Waals surface area contributed by atoms with Gasteiger partial charge in [-0.15, -0.1) is 20.5 Å². The fourth-order valence-corrected chi connectivity index (χ4v) is 13.7. The second-order valence-electron chi connectivity index (χ2n) is 13.6. The SMILES string of the molecule is CCN(CC)c1cc(Nc2nc(Nc3cc(N(CC)CC)c(OC)cc3N=Nc3snc4sc(S(=O)(=O)O)c(Cl)c34)nc(SCCO)n2)c(N=Nc2snc3sc(S(=O)(=O)O)c(Cl)c23)cc1OC. The van der Waals surface area contributed by atoms with Crippen molar-refractivity contribution in [1.29, 1.82) is 0 Å². The van der Waals surface area contributed by atoms with Crippen LogP contribution < -0.4 is 29.9 Å². The van der Waals surface area contributed by atoms with E-state index in [-0.39, 0.29) is 81.3 Å². The minimum absolute atomic E-state index is 0.0448. The minimum Gasteiger partial charge on any atom is -0.494 e. The van der Waals surface area contributed by atoms with Crippen LogP contribution in [-0.4, -0.2) is 108 Å². The van der Waals surface area contributed by atoms with E-state index >= 15 is 0 Å². The van der Waals surface area contributed by atoms with Gasteiger partial charge in [0, 0.05) is 44.1 Å². The van der Waals surface area contributed by atoms with Gasteiger partial charge in [0.15, 0.2) is 23.6 Å². The number of anilines is 6. The molecule has 0 aliphatic rings. The lowest BCUT2D eigenvalue weighted by atomic mass is 10.2. The highest BCUT2D eigenvalue weighted by Gasteiger charge is 2.27. The molecular weight excluding hydrogens is 1070 g/mol. The van der Waals surface area contributed by atoms with Crippen LogP contribution in [0.25, 0.3) is 20.4 Å². The minimum atomic E-state index is -4.63. The number of nitrogens with zero attached hydrogens (tertiary/aromatic N) is 11. The van der Waals surface area contributed by atoms with Crippen LogP contribution in [0.2, 0.25) is 10.0 Å². The van der Waals surface area contributed by atoms with Crippen molar-refractivity contribution in [1.82, 2.24) is 23.7 Å². The van der Waals surface area contributed by atoms with Gasteiger partial charge in [-0.3, -0.25) is 9.11 Å². The van der Waals surface area contributed by atoms with Gasteiger partial charge in [-0.25, -0.2) is 0 Å². The first-order chi connectivity index (χ1) is 32.5. The van der Waals surface area contributed by atoms with Crippen LogP contribution in [0.4, 0.5) is 56.0 Å². The Labute approximate surface area is 419 Å². The number of methoxy groups -OCH3 is 2. The van der Waals surface area contributed by atoms with E-state index in [1.54, 1.807) is 24.3 Å².